The number of amides is 1. The Morgan fingerprint density at radius 1 is 1.26 bits per heavy atom. The summed E-state index contributed by atoms with van der Waals surface area (Å²) in [5.41, 5.74) is 3.35. The lowest BCUT2D eigenvalue weighted by Crippen LogP contribution is -2.28. The number of hydrogen-bond acceptors (Lipinski definition) is 2. The van der Waals surface area contributed by atoms with E-state index in [0.717, 1.165) is 24.2 Å². The minimum absolute atomic E-state index is 0. The number of benzene rings is 1. The van der Waals surface area contributed by atoms with Crippen molar-refractivity contribution in [3.63, 3.8) is 0 Å². The standard InChI is InChI=1S/C15H22N2O.ClH/c1-11-13(12-7-9-16-10-8-12)5-4-6-14(11)15(18)17(2)3;/h4-6,12,16H,7-10H2,1-3H3;1H. The first-order valence-corrected chi connectivity index (χ1v) is 6.63. The van der Waals surface area contributed by atoms with Crippen molar-refractivity contribution in [1.82, 2.24) is 10.2 Å². The third-order valence-corrected chi connectivity index (χ3v) is 3.79. The van der Waals surface area contributed by atoms with Crippen molar-refractivity contribution in [3.05, 3.63) is 34.9 Å². The van der Waals surface area contributed by atoms with Crippen LogP contribution in [0.15, 0.2) is 18.2 Å². The molecular weight excluding hydrogens is 260 g/mol. The molecular formula is C15H23ClN2O. The third kappa shape index (κ3) is 3.48. The van der Waals surface area contributed by atoms with Crippen LogP contribution in [-0.4, -0.2) is 38.0 Å². The van der Waals surface area contributed by atoms with Crippen molar-refractivity contribution in [3.8, 4) is 0 Å². The Kier molecular flexibility index (Phi) is 5.83. The highest BCUT2D eigenvalue weighted by Crippen LogP contribution is 2.29. The Balaban J connectivity index is 0.00000180. The highest BCUT2D eigenvalue weighted by molar-refractivity contribution is 5.95. The molecule has 4 heteroatoms. The number of piperidine rings is 1. The van der Waals surface area contributed by atoms with E-state index < -0.39 is 0 Å². The van der Waals surface area contributed by atoms with Gasteiger partial charge in [0, 0.05) is 19.7 Å². The zero-order chi connectivity index (χ0) is 13.1. The molecule has 1 aromatic rings. The molecule has 1 amide bonds. The Hall–Kier alpha value is -1.06. The van der Waals surface area contributed by atoms with E-state index in [1.165, 1.54) is 18.4 Å². The lowest BCUT2D eigenvalue weighted by Gasteiger charge is -2.25. The van der Waals surface area contributed by atoms with Crippen molar-refractivity contribution in [2.45, 2.75) is 25.7 Å². The van der Waals surface area contributed by atoms with Crippen molar-refractivity contribution >= 4 is 18.3 Å². The molecule has 0 bridgehead atoms. The highest BCUT2D eigenvalue weighted by atomic mass is 35.5. The van der Waals surface area contributed by atoms with Crippen LogP contribution in [0.1, 0.15) is 40.2 Å². The molecule has 0 aromatic heterocycles. The summed E-state index contributed by atoms with van der Waals surface area (Å²) in [4.78, 5) is 13.8. The van der Waals surface area contributed by atoms with Crippen molar-refractivity contribution in [2.24, 2.45) is 0 Å². The molecule has 19 heavy (non-hydrogen) atoms. The summed E-state index contributed by atoms with van der Waals surface area (Å²) in [6.07, 6.45) is 2.33. The Morgan fingerprint density at radius 3 is 2.47 bits per heavy atom. The predicted molar refractivity (Wildman–Crippen MR) is 81.3 cm³/mol. The summed E-state index contributed by atoms with van der Waals surface area (Å²) >= 11 is 0. The second-order valence-corrected chi connectivity index (χ2v) is 5.24. The molecule has 0 unspecified atom stereocenters. The van der Waals surface area contributed by atoms with Gasteiger partial charge >= 0.3 is 0 Å². The van der Waals surface area contributed by atoms with Gasteiger partial charge in [-0.3, -0.25) is 4.79 Å². The molecule has 1 saturated heterocycles. The van der Waals surface area contributed by atoms with E-state index in [4.69, 9.17) is 0 Å². The second kappa shape index (κ2) is 6.92. The summed E-state index contributed by atoms with van der Waals surface area (Å²) in [5, 5.41) is 3.38. The number of carbonyl (C=O) groups is 1. The van der Waals surface area contributed by atoms with E-state index in [2.05, 4.69) is 18.3 Å². The summed E-state index contributed by atoms with van der Waals surface area (Å²) in [6.45, 7) is 4.24. The largest absolute Gasteiger partial charge is 0.345 e. The Labute approximate surface area is 121 Å². The highest BCUT2D eigenvalue weighted by Gasteiger charge is 2.20. The predicted octanol–water partition coefficient (Wildman–Crippen LogP) is 2.59. The van der Waals surface area contributed by atoms with Gasteiger partial charge in [-0.25, -0.2) is 0 Å². The van der Waals surface area contributed by atoms with Crippen molar-refractivity contribution in [2.75, 3.05) is 27.2 Å². The maximum absolute atomic E-state index is 12.1. The summed E-state index contributed by atoms with van der Waals surface area (Å²) in [6, 6.07) is 6.13. The van der Waals surface area contributed by atoms with Gasteiger partial charge in [-0.15, -0.1) is 12.4 Å². The van der Waals surface area contributed by atoms with Crippen LogP contribution in [0, 0.1) is 6.92 Å². The van der Waals surface area contributed by atoms with E-state index in [1.807, 2.05) is 12.1 Å². The van der Waals surface area contributed by atoms with Gasteiger partial charge in [0.25, 0.3) is 5.91 Å². The van der Waals surface area contributed by atoms with E-state index in [-0.39, 0.29) is 18.3 Å². The minimum atomic E-state index is 0. The van der Waals surface area contributed by atoms with Gasteiger partial charge in [0.15, 0.2) is 0 Å². The Morgan fingerprint density at radius 2 is 1.89 bits per heavy atom. The molecule has 0 radical (unpaired) electrons. The Bertz CT molecular complexity index is 440. The average Bonchev–Trinajstić information content (AvgIpc) is 2.39. The second-order valence-electron chi connectivity index (χ2n) is 5.24. The average molecular weight is 283 g/mol. The molecule has 0 spiro atoms. The molecule has 1 N–H and O–H groups in total. The first-order valence-electron chi connectivity index (χ1n) is 6.63. The molecule has 106 valence electrons. The SMILES string of the molecule is Cc1c(C(=O)N(C)C)cccc1C1CCNCC1.Cl. The first-order chi connectivity index (χ1) is 8.61. The van der Waals surface area contributed by atoms with Crippen LogP contribution in [0.2, 0.25) is 0 Å². The zero-order valence-electron chi connectivity index (χ0n) is 11.9. The van der Waals surface area contributed by atoms with E-state index >= 15 is 0 Å². The number of nitrogens with one attached hydrogen (secondary N) is 1. The smallest absolute Gasteiger partial charge is 0.253 e. The van der Waals surface area contributed by atoms with Crippen LogP contribution >= 0.6 is 12.4 Å². The zero-order valence-corrected chi connectivity index (χ0v) is 12.7. The van der Waals surface area contributed by atoms with Crippen LogP contribution in [0.5, 0.6) is 0 Å². The van der Waals surface area contributed by atoms with Crippen LogP contribution in [0.3, 0.4) is 0 Å². The molecule has 1 aliphatic heterocycles. The van der Waals surface area contributed by atoms with Crippen molar-refractivity contribution in [1.29, 1.82) is 0 Å². The van der Waals surface area contributed by atoms with Crippen LogP contribution in [0.25, 0.3) is 0 Å². The number of nitrogens with zero attached hydrogens (tertiary/aromatic N) is 1. The summed E-state index contributed by atoms with van der Waals surface area (Å²) < 4.78 is 0. The van der Waals surface area contributed by atoms with Gasteiger partial charge < -0.3 is 10.2 Å². The number of carbonyl (C=O) groups excluding carboxylic acids is 1. The van der Waals surface area contributed by atoms with Crippen LogP contribution in [-0.2, 0) is 0 Å². The number of rotatable bonds is 2. The summed E-state index contributed by atoms with van der Waals surface area (Å²) in [5.74, 6) is 0.699. The first kappa shape index (κ1) is 16.0. The fraction of sp³-hybridized carbons (Fsp3) is 0.533. The maximum Gasteiger partial charge on any atom is 0.253 e. The molecule has 0 aliphatic carbocycles. The van der Waals surface area contributed by atoms with E-state index in [1.54, 1.807) is 19.0 Å². The lowest BCUT2D eigenvalue weighted by molar-refractivity contribution is 0.0826. The molecule has 0 atom stereocenters. The monoisotopic (exact) mass is 282 g/mol. The molecule has 1 aromatic carbocycles. The molecule has 3 nitrogen and oxygen atoms in total. The lowest BCUT2D eigenvalue weighted by atomic mass is 9.85. The van der Waals surface area contributed by atoms with Crippen LogP contribution < -0.4 is 5.32 Å². The number of hydrogen-bond donors (Lipinski definition) is 1. The topological polar surface area (TPSA) is 32.3 Å². The molecule has 1 aliphatic rings. The fourth-order valence-electron chi connectivity index (χ4n) is 2.70. The van der Waals surface area contributed by atoms with Gasteiger partial charge in [0.1, 0.15) is 0 Å². The van der Waals surface area contributed by atoms with Gasteiger partial charge in [-0.2, -0.15) is 0 Å². The van der Waals surface area contributed by atoms with Gasteiger partial charge in [0.2, 0.25) is 0 Å². The van der Waals surface area contributed by atoms with Crippen molar-refractivity contribution < 1.29 is 4.79 Å². The minimum Gasteiger partial charge on any atom is -0.345 e. The van der Waals surface area contributed by atoms with Gasteiger partial charge in [-0.1, -0.05) is 12.1 Å². The fourth-order valence-corrected chi connectivity index (χ4v) is 2.70. The molecule has 2 rings (SSSR count). The molecule has 1 fully saturated rings. The summed E-state index contributed by atoms with van der Waals surface area (Å²) in [7, 11) is 3.61. The van der Waals surface area contributed by atoms with Gasteiger partial charge in [-0.05, 0) is 56.0 Å². The quantitative estimate of drug-likeness (QED) is 0.904. The third-order valence-electron chi connectivity index (χ3n) is 3.79. The maximum atomic E-state index is 12.1. The van der Waals surface area contributed by atoms with E-state index in [0.29, 0.717) is 5.92 Å². The molecule has 1 heterocycles. The van der Waals surface area contributed by atoms with Crippen LogP contribution in [0.4, 0.5) is 0 Å². The molecule has 0 saturated carbocycles. The van der Waals surface area contributed by atoms with Gasteiger partial charge in [0.05, 0.1) is 0 Å². The normalized spacial score (nSPS) is 15.7. The number of halogens is 1. The van der Waals surface area contributed by atoms with E-state index in [9.17, 15) is 4.79 Å².